The number of nitrogens with one attached hydrogen (secondary N) is 4. The van der Waals surface area contributed by atoms with Gasteiger partial charge in [-0.05, 0) is 98.2 Å². The highest BCUT2D eigenvalue weighted by atomic mass is 16.6. The third kappa shape index (κ3) is 50.4. The Morgan fingerprint density at radius 1 is 0.279 bits per heavy atom. The van der Waals surface area contributed by atoms with Crippen molar-refractivity contribution in [2.24, 2.45) is 0 Å². The monoisotopic (exact) mass is 1730 g/mol. The van der Waals surface area contributed by atoms with Crippen LogP contribution in [-0.4, -0.2) is 389 Å². The molecule has 3 aromatic heterocycles. The maximum atomic E-state index is 13.5. The number of hydrogen-bond donors (Lipinski definition) is 4. The summed E-state index contributed by atoms with van der Waals surface area (Å²) in [5, 5.41) is 6.03. The summed E-state index contributed by atoms with van der Waals surface area (Å²) in [7, 11) is 3.28. The predicted octanol–water partition coefficient (Wildman–Crippen LogP) is 7.56. The Labute approximate surface area is 722 Å². The summed E-state index contributed by atoms with van der Waals surface area (Å²) in [4.78, 5) is 44.8. The van der Waals surface area contributed by atoms with Gasteiger partial charge in [-0.1, -0.05) is 25.3 Å². The fraction of sp³-hybridized carbons (Fsp3) is 0.705. The number of aromatic nitrogens is 4. The normalized spacial score (nSPS) is 12.3. The summed E-state index contributed by atoms with van der Waals surface area (Å²) in [6.07, 6.45) is 4.97. The standard InChI is InChI=1S/C88H144N6O28/c1-9-75-71(3)79-67-80-73(5)77(11-13-87(95)89-15-17-99-23-25-103-31-33-107-39-41-111-47-49-115-55-57-119-63-65-121-61-59-117-53-51-113-45-43-109-37-35-105-29-27-101-21-19-97-7)85(93-80)70-86-78(74(6)82(94-86)69-84-76(10-2)72(4)81(92-84)68-83(75)91-79)12-14-88(96)90-16-18-100-24-26-104-32-34-108-40-42-112-48-50-116-56-58-120-64-66-122-62-60-118-54-52-114-46-44-110-38-36-106-30-28-102-22-20-98-8/h9-10,67-70,91-92H,1-2,11-66H2,3-8H3,(H,89,95)(H,90,96). The molecule has 3 aromatic rings. The van der Waals surface area contributed by atoms with Gasteiger partial charge in [0.15, 0.2) is 0 Å². The van der Waals surface area contributed by atoms with Gasteiger partial charge < -0.3 is 144 Å². The van der Waals surface area contributed by atoms with Gasteiger partial charge in [0, 0.05) is 73.3 Å². The zero-order valence-electron chi connectivity index (χ0n) is 73.8. The van der Waals surface area contributed by atoms with Gasteiger partial charge in [-0.2, -0.15) is 0 Å². The van der Waals surface area contributed by atoms with E-state index in [-0.39, 0.29) is 24.7 Å². The number of carbonyl (C=O) groups is 2. The first kappa shape index (κ1) is 107. The van der Waals surface area contributed by atoms with Crippen molar-refractivity contribution in [1.82, 2.24) is 30.6 Å². The van der Waals surface area contributed by atoms with E-state index in [0.717, 1.165) is 78.0 Å². The summed E-state index contributed by atoms with van der Waals surface area (Å²) < 4.78 is 143. The highest BCUT2D eigenvalue weighted by Gasteiger charge is 2.24. The van der Waals surface area contributed by atoms with Crippen molar-refractivity contribution < 1.29 is 133 Å². The highest BCUT2D eigenvalue weighted by Crippen LogP contribution is 2.38. The highest BCUT2D eigenvalue weighted by molar-refractivity contribution is 5.97. The van der Waals surface area contributed by atoms with Crippen molar-refractivity contribution in [3.63, 3.8) is 0 Å². The van der Waals surface area contributed by atoms with Crippen LogP contribution in [0.3, 0.4) is 0 Å². The average Bonchev–Trinajstić information content (AvgIpc) is 1.62. The second kappa shape index (κ2) is 74.1. The van der Waals surface area contributed by atoms with Crippen LogP contribution < -0.4 is 10.6 Å². The summed E-state index contributed by atoms with van der Waals surface area (Å²) in [6.45, 7) is 40.6. The lowest BCUT2D eigenvalue weighted by Gasteiger charge is -2.10. The van der Waals surface area contributed by atoms with Gasteiger partial charge in [0.2, 0.25) is 11.8 Å². The van der Waals surface area contributed by atoms with Crippen LogP contribution in [0.25, 0.3) is 56.5 Å². The van der Waals surface area contributed by atoms with Gasteiger partial charge in [0.25, 0.3) is 0 Å². The SMILES string of the molecule is C=Cc1c(C)c2cc3[nH]c(cc4nc(cc5nc(cc1[nH]2)C(C)=C5CCC(=O)NCCOCCOCCOCCOCCOCCOCCOCCOCCOCCOCCOCCOCCOC)C(CCC(=O)NCCOCCOCCOCCOCCOCCOCCOCCOCCOCCOCCOCCOCCOC)=C4C)c(C)c3C=C. The first-order valence-corrected chi connectivity index (χ1v) is 42.9. The number of carbonyl (C=O) groups excluding carboxylic acids is 2. The van der Waals surface area contributed by atoms with Crippen LogP contribution in [0.5, 0.6) is 0 Å². The van der Waals surface area contributed by atoms with Crippen LogP contribution in [0, 0.1) is 13.8 Å². The molecule has 5 rings (SSSR count). The Hall–Kier alpha value is -6.02. The van der Waals surface area contributed by atoms with E-state index in [0.29, 0.717) is 368 Å². The van der Waals surface area contributed by atoms with Gasteiger partial charge in [0.05, 0.1) is 353 Å². The molecule has 0 unspecified atom stereocenters. The Morgan fingerprint density at radius 2 is 0.475 bits per heavy atom. The van der Waals surface area contributed by atoms with Crippen LogP contribution >= 0.6 is 0 Å². The lowest BCUT2D eigenvalue weighted by Crippen LogP contribution is -2.27. The molecule has 0 saturated heterocycles. The third-order valence-electron chi connectivity index (χ3n) is 18.4. The number of amides is 2. The minimum Gasteiger partial charge on any atom is -0.382 e. The van der Waals surface area contributed by atoms with E-state index in [9.17, 15) is 9.59 Å². The number of ether oxygens (including phenoxy) is 26. The lowest BCUT2D eigenvalue weighted by molar-refractivity contribution is -0.122. The Kier molecular flexibility index (Phi) is 64.7. The minimum atomic E-state index is -0.119. The van der Waals surface area contributed by atoms with E-state index in [1.165, 1.54) is 0 Å². The molecule has 0 radical (unpaired) electrons. The van der Waals surface area contributed by atoms with E-state index in [1.807, 2.05) is 38.1 Å². The van der Waals surface area contributed by atoms with Crippen LogP contribution in [-0.2, 0) is 133 Å². The number of H-pyrrole nitrogens is 2. The number of aryl methyl sites for hydroxylation is 2. The third-order valence-corrected chi connectivity index (χ3v) is 18.4. The molecule has 0 atom stereocenters. The molecule has 34 nitrogen and oxygen atoms in total. The van der Waals surface area contributed by atoms with Crippen LogP contribution in [0.4, 0.5) is 0 Å². The van der Waals surface area contributed by atoms with E-state index >= 15 is 0 Å². The van der Waals surface area contributed by atoms with Crippen LogP contribution in [0.2, 0.25) is 0 Å². The first-order valence-electron chi connectivity index (χ1n) is 42.9. The first-order chi connectivity index (χ1) is 60.1. The predicted molar refractivity (Wildman–Crippen MR) is 464 cm³/mol. The molecule has 8 bridgehead atoms. The lowest BCUT2D eigenvalue weighted by atomic mass is 9.98. The second-order valence-electron chi connectivity index (χ2n) is 27.3. The molecule has 2 amide bonds. The molecule has 0 aromatic carbocycles. The molecular formula is C88H144N6O28. The number of aromatic amines is 2. The van der Waals surface area contributed by atoms with Gasteiger partial charge in [0.1, 0.15) is 0 Å². The number of nitrogens with zero attached hydrogens (tertiary/aromatic N) is 2. The molecular weight excluding hydrogens is 1590 g/mol. The number of allylic oxidation sites excluding steroid dienone is 4. The average molecular weight is 1730 g/mol. The van der Waals surface area contributed by atoms with Crippen molar-refractivity contribution in [1.29, 1.82) is 0 Å². The Balaban J connectivity index is 0.879. The molecule has 2 aliphatic rings. The zero-order chi connectivity index (χ0) is 86.9. The summed E-state index contributed by atoms with van der Waals surface area (Å²) >= 11 is 0. The van der Waals surface area contributed by atoms with Crippen LogP contribution in [0.1, 0.15) is 84.6 Å². The molecule has 0 fully saturated rings. The molecule has 0 aliphatic carbocycles. The number of fused-ring (bicyclic) bond motifs is 8. The maximum Gasteiger partial charge on any atom is 0.220 e. The summed E-state index contributed by atoms with van der Waals surface area (Å²) in [5.74, 6) is -0.238. The largest absolute Gasteiger partial charge is 0.382 e. The van der Waals surface area contributed by atoms with E-state index in [2.05, 4.69) is 59.7 Å². The van der Waals surface area contributed by atoms with Crippen molar-refractivity contribution >= 4 is 68.3 Å². The fourth-order valence-corrected chi connectivity index (χ4v) is 11.8. The molecule has 0 spiro atoms. The second-order valence-corrected chi connectivity index (χ2v) is 27.3. The smallest absolute Gasteiger partial charge is 0.220 e. The molecule has 34 heteroatoms. The molecule has 694 valence electrons. The van der Waals surface area contributed by atoms with Crippen molar-refractivity contribution in [2.75, 3.05) is 358 Å². The molecule has 122 heavy (non-hydrogen) atoms. The summed E-state index contributed by atoms with van der Waals surface area (Å²) in [5.41, 5.74) is 14.2. The maximum absolute atomic E-state index is 13.5. The van der Waals surface area contributed by atoms with Gasteiger partial charge in [-0.25, -0.2) is 9.97 Å². The molecule has 4 N–H and O–H groups in total. The van der Waals surface area contributed by atoms with E-state index in [1.54, 1.807) is 14.2 Å². The molecule has 2 aliphatic heterocycles. The number of rotatable bonds is 86. The van der Waals surface area contributed by atoms with Gasteiger partial charge in [-0.15, -0.1) is 0 Å². The van der Waals surface area contributed by atoms with Gasteiger partial charge in [-0.3, -0.25) is 9.59 Å². The summed E-state index contributed by atoms with van der Waals surface area (Å²) in [6, 6.07) is 8.18. The Bertz CT molecular complexity index is 3430. The van der Waals surface area contributed by atoms with Crippen molar-refractivity contribution in [3.8, 4) is 0 Å². The number of methoxy groups -OCH3 is 2. The van der Waals surface area contributed by atoms with Gasteiger partial charge >= 0.3 is 0 Å². The quantitative estimate of drug-likeness (QED) is 0.0396. The van der Waals surface area contributed by atoms with Crippen molar-refractivity contribution in [2.45, 2.75) is 53.4 Å². The topological polar surface area (TPSA) is 356 Å². The fourth-order valence-electron chi connectivity index (χ4n) is 11.8. The van der Waals surface area contributed by atoms with E-state index < -0.39 is 0 Å². The minimum absolute atomic E-state index is 0.119. The molecule has 5 heterocycles. The van der Waals surface area contributed by atoms with E-state index in [4.69, 9.17) is 133 Å². The number of hydrogen-bond acceptors (Lipinski definition) is 30. The molecule has 0 saturated carbocycles. The van der Waals surface area contributed by atoms with Crippen molar-refractivity contribution in [3.05, 3.63) is 82.5 Å². The zero-order valence-corrected chi connectivity index (χ0v) is 73.8. The van der Waals surface area contributed by atoms with Crippen LogP contribution in [0.15, 0.2) is 37.4 Å². The Morgan fingerprint density at radius 3 is 0.697 bits per heavy atom.